The van der Waals surface area contributed by atoms with Gasteiger partial charge >= 0.3 is 0 Å². The summed E-state index contributed by atoms with van der Waals surface area (Å²) in [6, 6.07) is 0.550. The van der Waals surface area contributed by atoms with Gasteiger partial charge in [-0.15, -0.1) is 0 Å². The van der Waals surface area contributed by atoms with Crippen LogP contribution in [-0.4, -0.2) is 6.04 Å². The molecule has 1 atom stereocenters. The molecule has 0 aliphatic rings. The first-order valence-corrected chi connectivity index (χ1v) is 4.26. The molecule has 3 N–H and O–H groups in total. The number of nitrogens with one attached hydrogen (secondary N) is 1. The zero-order valence-electron chi connectivity index (χ0n) is 8.02. The molecule has 0 amide bonds. The van der Waals surface area contributed by atoms with Crippen LogP contribution in [0.2, 0.25) is 0 Å². The molecule has 0 saturated heterocycles. The minimum atomic E-state index is 0.550. The predicted molar refractivity (Wildman–Crippen MR) is 50.0 cm³/mol. The molecule has 0 rings (SSSR count). The number of nitrogens with two attached hydrogens (primary N) is 1. The van der Waals surface area contributed by atoms with Gasteiger partial charge in [-0.2, -0.15) is 0 Å². The Kier molecular flexibility index (Phi) is 4.75. The molecule has 0 aromatic carbocycles. The summed E-state index contributed by atoms with van der Waals surface area (Å²) in [5, 5.41) is 3.28. The van der Waals surface area contributed by atoms with Gasteiger partial charge in [0.2, 0.25) is 0 Å². The Balaban J connectivity index is 3.79. The molecule has 0 radical (unpaired) electrons. The van der Waals surface area contributed by atoms with E-state index < -0.39 is 0 Å². The third-order valence-corrected chi connectivity index (χ3v) is 1.77. The SMILES string of the molecule is CCC(N/C=C(/C)N)C(C)C. The van der Waals surface area contributed by atoms with Gasteiger partial charge in [0.15, 0.2) is 0 Å². The average molecular weight is 156 g/mol. The van der Waals surface area contributed by atoms with Crippen molar-refractivity contribution in [2.24, 2.45) is 11.7 Å². The van der Waals surface area contributed by atoms with E-state index in [2.05, 4.69) is 26.1 Å². The van der Waals surface area contributed by atoms with Crippen LogP contribution in [-0.2, 0) is 0 Å². The molecule has 0 fully saturated rings. The van der Waals surface area contributed by atoms with Crippen LogP contribution in [0.5, 0.6) is 0 Å². The molecule has 66 valence electrons. The van der Waals surface area contributed by atoms with Crippen LogP contribution in [0, 0.1) is 5.92 Å². The van der Waals surface area contributed by atoms with Gasteiger partial charge in [-0.25, -0.2) is 0 Å². The molecule has 0 aliphatic heterocycles. The van der Waals surface area contributed by atoms with Crippen LogP contribution >= 0.6 is 0 Å². The first-order chi connectivity index (χ1) is 5.07. The van der Waals surface area contributed by atoms with E-state index in [0.717, 1.165) is 12.1 Å². The zero-order chi connectivity index (χ0) is 8.85. The van der Waals surface area contributed by atoms with Crippen molar-refractivity contribution >= 4 is 0 Å². The maximum Gasteiger partial charge on any atom is 0.0276 e. The van der Waals surface area contributed by atoms with Crippen molar-refractivity contribution in [3.8, 4) is 0 Å². The lowest BCUT2D eigenvalue weighted by Gasteiger charge is -2.19. The molecular formula is C9H20N2. The maximum atomic E-state index is 5.49. The quantitative estimate of drug-likeness (QED) is 0.651. The first-order valence-electron chi connectivity index (χ1n) is 4.26. The van der Waals surface area contributed by atoms with E-state index in [1.807, 2.05) is 13.1 Å². The van der Waals surface area contributed by atoms with Crippen molar-refractivity contribution in [3.05, 3.63) is 11.9 Å². The van der Waals surface area contributed by atoms with Crippen LogP contribution < -0.4 is 11.1 Å². The summed E-state index contributed by atoms with van der Waals surface area (Å²) >= 11 is 0. The van der Waals surface area contributed by atoms with Crippen molar-refractivity contribution < 1.29 is 0 Å². The van der Waals surface area contributed by atoms with Crippen LogP contribution in [0.4, 0.5) is 0 Å². The van der Waals surface area contributed by atoms with Crippen LogP contribution in [0.25, 0.3) is 0 Å². The largest absolute Gasteiger partial charge is 0.401 e. The fourth-order valence-corrected chi connectivity index (χ4v) is 1.02. The van der Waals surface area contributed by atoms with E-state index in [4.69, 9.17) is 5.73 Å². The van der Waals surface area contributed by atoms with Crippen molar-refractivity contribution in [1.82, 2.24) is 5.32 Å². The Morgan fingerprint density at radius 1 is 1.55 bits per heavy atom. The molecule has 0 aliphatic carbocycles. The minimum absolute atomic E-state index is 0.550. The average Bonchev–Trinajstić information content (AvgIpc) is 1.87. The second kappa shape index (κ2) is 5.05. The van der Waals surface area contributed by atoms with E-state index in [9.17, 15) is 0 Å². The van der Waals surface area contributed by atoms with Crippen molar-refractivity contribution in [2.45, 2.75) is 40.2 Å². The summed E-state index contributed by atoms with van der Waals surface area (Å²) in [7, 11) is 0. The van der Waals surface area contributed by atoms with Gasteiger partial charge in [-0.05, 0) is 19.3 Å². The van der Waals surface area contributed by atoms with E-state index in [-0.39, 0.29) is 0 Å². The Hall–Kier alpha value is -0.660. The lowest BCUT2D eigenvalue weighted by Crippen LogP contribution is -2.29. The van der Waals surface area contributed by atoms with E-state index in [1.54, 1.807) is 0 Å². The number of hydrogen-bond donors (Lipinski definition) is 2. The fraction of sp³-hybridized carbons (Fsp3) is 0.778. The predicted octanol–water partition coefficient (Wildman–Crippen LogP) is 1.83. The van der Waals surface area contributed by atoms with Gasteiger partial charge in [0.25, 0.3) is 0 Å². The Bertz CT molecular complexity index is 124. The number of hydrogen-bond acceptors (Lipinski definition) is 2. The van der Waals surface area contributed by atoms with E-state index in [0.29, 0.717) is 12.0 Å². The van der Waals surface area contributed by atoms with E-state index in [1.165, 1.54) is 0 Å². The molecule has 0 aromatic heterocycles. The van der Waals surface area contributed by atoms with E-state index >= 15 is 0 Å². The lowest BCUT2D eigenvalue weighted by atomic mass is 10.0. The third-order valence-electron chi connectivity index (χ3n) is 1.77. The minimum Gasteiger partial charge on any atom is -0.401 e. The highest BCUT2D eigenvalue weighted by molar-refractivity contribution is 4.91. The Labute approximate surface area is 69.9 Å². The standard InChI is InChI=1S/C9H20N2/c1-5-9(7(2)3)11-6-8(4)10/h6-7,9,11H,5,10H2,1-4H3/b8-6-. The van der Waals surface area contributed by atoms with Gasteiger partial charge in [0.1, 0.15) is 0 Å². The van der Waals surface area contributed by atoms with Crippen LogP contribution in [0.1, 0.15) is 34.1 Å². The van der Waals surface area contributed by atoms with Gasteiger partial charge < -0.3 is 11.1 Å². The summed E-state index contributed by atoms with van der Waals surface area (Å²) in [4.78, 5) is 0. The number of allylic oxidation sites excluding steroid dienone is 1. The first kappa shape index (κ1) is 10.3. The summed E-state index contributed by atoms with van der Waals surface area (Å²) < 4.78 is 0. The molecule has 0 heterocycles. The van der Waals surface area contributed by atoms with Crippen molar-refractivity contribution in [1.29, 1.82) is 0 Å². The Morgan fingerprint density at radius 3 is 2.36 bits per heavy atom. The lowest BCUT2D eigenvalue weighted by molar-refractivity contribution is 0.428. The van der Waals surface area contributed by atoms with Crippen LogP contribution in [0.3, 0.4) is 0 Å². The molecule has 0 bridgehead atoms. The molecule has 0 spiro atoms. The highest BCUT2D eigenvalue weighted by atomic mass is 14.9. The molecular weight excluding hydrogens is 136 g/mol. The fourth-order valence-electron chi connectivity index (χ4n) is 1.02. The topological polar surface area (TPSA) is 38.0 Å². The highest BCUT2D eigenvalue weighted by Crippen LogP contribution is 2.04. The molecule has 2 nitrogen and oxygen atoms in total. The summed E-state index contributed by atoms with van der Waals surface area (Å²) in [5.41, 5.74) is 6.33. The third kappa shape index (κ3) is 4.71. The Morgan fingerprint density at radius 2 is 2.09 bits per heavy atom. The monoisotopic (exact) mass is 156 g/mol. The second-order valence-electron chi connectivity index (χ2n) is 3.31. The smallest absolute Gasteiger partial charge is 0.0276 e. The van der Waals surface area contributed by atoms with Gasteiger partial charge in [0, 0.05) is 17.9 Å². The molecule has 11 heavy (non-hydrogen) atoms. The molecule has 1 unspecified atom stereocenters. The maximum absolute atomic E-state index is 5.49. The summed E-state index contributed by atoms with van der Waals surface area (Å²) in [6.45, 7) is 8.49. The molecule has 2 heteroatoms. The van der Waals surface area contributed by atoms with Gasteiger partial charge in [-0.3, -0.25) is 0 Å². The van der Waals surface area contributed by atoms with Crippen molar-refractivity contribution in [2.75, 3.05) is 0 Å². The molecule has 0 saturated carbocycles. The second-order valence-corrected chi connectivity index (χ2v) is 3.31. The van der Waals surface area contributed by atoms with Crippen molar-refractivity contribution in [3.63, 3.8) is 0 Å². The molecule has 0 aromatic rings. The summed E-state index contributed by atoms with van der Waals surface area (Å²) in [5.74, 6) is 0.663. The van der Waals surface area contributed by atoms with Crippen LogP contribution in [0.15, 0.2) is 11.9 Å². The zero-order valence-corrected chi connectivity index (χ0v) is 8.02. The number of rotatable bonds is 4. The summed E-state index contributed by atoms with van der Waals surface area (Å²) in [6.07, 6.45) is 3.02. The normalized spacial score (nSPS) is 15.2. The highest BCUT2D eigenvalue weighted by Gasteiger charge is 2.07. The van der Waals surface area contributed by atoms with Gasteiger partial charge in [-0.1, -0.05) is 20.8 Å². The van der Waals surface area contributed by atoms with Gasteiger partial charge in [0.05, 0.1) is 0 Å².